The van der Waals surface area contributed by atoms with Gasteiger partial charge < -0.3 is 10.6 Å². The molecule has 0 radical (unpaired) electrons. The Morgan fingerprint density at radius 2 is 1.77 bits per heavy atom. The van der Waals surface area contributed by atoms with Crippen molar-refractivity contribution in [2.45, 2.75) is 6.92 Å². The minimum Gasteiger partial charge on any atom is -0.349 e. The van der Waals surface area contributed by atoms with Crippen LogP contribution in [0.15, 0.2) is 54.9 Å². The third-order valence-corrected chi connectivity index (χ3v) is 4.16. The number of hydrogen-bond acceptors (Lipinski definition) is 3. The first kappa shape index (κ1) is 17.8. The van der Waals surface area contributed by atoms with Gasteiger partial charge in [0, 0.05) is 16.9 Å². The number of rotatable bonds is 4. The van der Waals surface area contributed by atoms with Gasteiger partial charge in [-0.05, 0) is 42.8 Å². The fraction of sp³-hybridized carbons (Fsp3) is 0.0526. The number of hydrogen-bond donors (Lipinski definition) is 2. The second kappa shape index (κ2) is 7.49. The van der Waals surface area contributed by atoms with Crippen molar-refractivity contribution in [3.63, 3.8) is 0 Å². The lowest BCUT2D eigenvalue weighted by Crippen LogP contribution is -2.13. The van der Waals surface area contributed by atoms with Crippen molar-refractivity contribution < 1.29 is 13.6 Å². The molecule has 2 aromatic carbocycles. The Morgan fingerprint density at radius 3 is 2.50 bits per heavy atom. The number of anilines is 3. The van der Waals surface area contributed by atoms with Crippen LogP contribution in [0.2, 0.25) is 5.02 Å². The summed E-state index contributed by atoms with van der Waals surface area (Å²) in [6, 6.07) is 10.2. The van der Waals surface area contributed by atoms with Gasteiger partial charge >= 0.3 is 0 Å². The van der Waals surface area contributed by atoms with Crippen LogP contribution in [0.5, 0.6) is 0 Å². The molecule has 0 aliphatic heterocycles. The summed E-state index contributed by atoms with van der Waals surface area (Å²) in [5, 5.41) is 5.88. The summed E-state index contributed by atoms with van der Waals surface area (Å²) in [7, 11) is 0. The van der Waals surface area contributed by atoms with Crippen LogP contribution >= 0.6 is 11.6 Å². The van der Waals surface area contributed by atoms with Crippen LogP contribution < -0.4 is 10.6 Å². The Bertz CT molecular complexity index is 958. The molecular formula is C19H14ClF2N3O. The molecule has 3 rings (SSSR count). The average molecular weight is 374 g/mol. The molecule has 0 bridgehead atoms. The zero-order valence-corrected chi connectivity index (χ0v) is 14.4. The molecule has 0 aliphatic carbocycles. The number of carbonyl (C=O) groups excluding carboxylic acids is 1. The summed E-state index contributed by atoms with van der Waals surface area (Å²) in [6.07, 6.45) is 2.73. The van der Waals surface area contributed by atoms with Crippen LogP contribution in [0.25, 0.3) is 0 Å². The van der Waals surface area contributed by atoms with Gasteiger partial charge in [-0.3, -0.25) is 9.78 Å². The van der Waals surface area contributed by atoms with E-state index in [0.29, 0.717) is 10.7 Å². The quantitative estimate of drug-likeness (QED) is 0.651. The van der Waals surface area contributed by atoms with Crippen molar-refractivity contribution in [2.75, 3.05) is 10.6 Å². The van der Waals surface area contributed by atoms with Gasteiger partial charge in [0.2, 0.25) is 0 Å². The molecule has 1 heterocycles. The van der Waals surface area contributed by atoms with Crippen LogP contribution in [0, 0.1) is 18.6 Å². The van der Waals surface area contributed by atoms with Crippen molar-refractivity contribution >= 4 is 34.6 Å². The molecule has 0 aliphatic rings. The topological polar surface area (TPSA) is 54.0 Å². The Morgan fingerprint density at radius 1 is 1.08 bits per heavy atom. The molecule has 0 atom stereocenters. The zero-order chi connectivity index (χ0) is 18.7. The van der Waals surface area contributed by atoms with E-state index in [1.165, 1.54) is 24.5 Å². The number of amides is 1. The molecule has 132 valence electrons. The summed E-state index contributed by atoms with van der Waals surface area (Å²) >= 11 is 6.04. The van der Waals surface area contributed by atoms with E-state index in [-0.39, 0.29) is 16.9 Å². The average Bonchev–Trinajstić information content (AvgIpc) is 2.62. The Labute approximate surface area is 153 Å². The van der Waals surface area contributed by atoms with E-state index in [4.69, 9.17) is 11.6 Å². The lowest BCUT2D eigenvalue weighted by Gasteiger charge is -2.11. The van der Waals surface area contributed by atoms with Gasteiger partial charge in [-0.25, -0.2) is 8.78 Å². The molecule has 0 saturated carbocycles. The number of carbonyl (C=O) groups is 1. The molecule has 0 spiro atoms. The van der Waals surface area contributed by atoms with Gasteiger partial charge in [0.1, 0.15) is 17.3 Å². The van der Waals surface area contributed by atoms with E-state index in [1.54, 1.807) is 25.1 Å². The highest BCUT2D eigenvalue weighted by molar-refractivity contribution is 6.31. The first-order valence-electron chi connectivity index (χ1n) is 7.68. The van der Waals surface area contributed by atoms with E-state index in [0.717, 1.165) is 17.7 Å². The normalized spacial score (nSPS) is 10.5. The minimum atomic E-state index is -0.741. The fourth-order valence-electron chi connectivity index (χ4n) is 2.33. The van der Waals surface area contributed by atoms with Gasteiger partial charge in [-0.15, -0.1) is 0 Å². The van der Waals surface area contributed by atoms with Crippen molar-refractivity contribution in [3.05, 3.63) is 82.6 Å². The maximum Gasteiger partial charge on any atom is 0.257 e. The van der Waals surface area contributed by atoms with Crippen LogP contribution in [-0.2, 0) is 0 Å². The number of nitrogens with one attached hydrogen (secondary N) is 2. The summed E-state index contributed by atoms with van der Waals surface area (Å²) in [5.41, 5.74) is 1.51. The van der Waals surface area contributed by atoms with Crippen molar-refractivity contribution in [3.8, 4) is 0 Å². The van der Waals surface area contributed by atoms with E-state index < -0.39 is 17.5 Å². The summed E-state index contributed by atoms with van der Waals surface area (Å²) < 4.78 is 27.5. The van der Waals surface area contributed by atoms with E-state index >= 15 is 0 Å². The second-order valence-electron chi connectivity index (χ2n) is 5.55. The summed E-state index contributed by atoms with van der Waals surface area (Å²) in [4.78, 5) is 16.4. The first-order valence-corrected chi connectivity index (χ1v) is 8.06. The number of nitrogens with zero attached hydrogens (tertiary/aromatic N) is 1. The van der Waals surface area contributed by atoms with Gasteiger partial charge in [0.15, 0.2) is 0 Å². The van der Waals surface area contributed by atoms with Crippen molar-refractivity contribution in [2.24, 2.45) is 0 Å². The fourth-order valence-corrected chi connectivity index (χ4v) is 2.51. The highest BCUT2D eigenvalue weighted by Gasteiger charge is 2.12. The highest BCUT2D eigenvalue weighted by atomic mass is 35.5. The summed E-state index contributed by atoms with van der Waals surface area (Å²) in [5.74, 6) is -1.90. The zero-order valence-electron chi connectivity index (χ0n) is 13.7. The highest BCUT2D eigenvalue weighted by Crippen LogP contribution is 2.25. The SMILES string of the molecule is Cc1c(Cl)cccc1NC(=O)c1cncc(Nc2c(F)cccc2F)c1. The van der Waals surface area contributed by atoms with E-state index in [2.05, 4.69) is 15.6 Å². The van der Waals surface area contributed by atoms with E-state index in [9.17, 15) is 13.6 Å². The van der Waals surface area contributed by atoms with Crippen molar-refractivity contribution in [1.29, 1.82) is 0 Å². The number of pyridine rings is 1. The molecule has 0 unspecified atom stereocenters. The van der Waals surface area contributed by atoms with Gasteiger partial charge in [-0.2, -0.15) is 0 Å². The lowest BCUT2D eigenvalue weighted by molar-refractivity contribution is 0.102. The first-order chi connectivity index (χ1) is 12.5. The van der Waals surface area contributed by atoms with E-state index in [1.807, 2.05) is 0 Å². The molecular weight excluding hydrogens is 360 g/mol. The molecule has 2 N–H and O–H groups in total. The standard InChI is InChI=1S/C19H14ClF2N3O/c1-11-14(20)4-2-7-17(11)25-19(26)12-8-13(10-23-9-12)24-18-15(21)5-3-6-16(18)22/h2-10,24H,1H3,(H,25,26). The molecule has 7 heteroatoms. The second-order valence-corrected chi connectivity index (χ2v) is 5.96. The molecule has 0 saturated heterocycles. The van der Waals surface area contributed by atoms with Crippen LogP contribution in [0.3, 0.4) is 0 Å². The number of aromatic nitrogens is 1. The Balaban J connectivity index is 1.83. The van der Waals surface area contributed by atoms with Crippen LogP contribution in [0.1, 0.15) is 15.9 Å². The van der Waals surface area contributed by atoms with Gasteiger partial charge in [-0.1, -0.05) is 23.7 Å². The largest absolute Gasteiger partial charge is 0.349 e. The predicted octanol–water partition coefficient (Wildman–Crippen LogP) is 5.32. The molecule has 4 nitrogen and oxygen atoms in total. The van der Waals surface area contributed by atoms with Gasteiger partial charge in [0.05, 0.1) is 17.4 Å². The van der Waals surface area contributed by atoms with Crippen LogP contribution in [-0.4, -0.2) is 10.9 Å². The molecule has 1 aromatic heterocycles. The number of benzene rings is 2. The lowest BCUT2D eigenvalue weighted by atomic mass is 10.2. The molecule has 26 heavy (non-hydrogen) atoms. The minimum absolute atomic E-state index is 0.228. The predicted molar refractivity (Wildman–Crippen MR) is 98.0 cm³/mol. The van der Waals surface area contributed by atoms with Crippen molar-refractivity contribution in [1.82, 2.24) is 4.98 Å². The summed E-state index contributed by atoms with van der Waals surface area (Å²) in [6.45, 7) is 1.79. The Hall–Kier alpha value is -2.99. The number of halogens is 3. The molecule has 3 aromatic rings. The Kier molecular flexibility index (Phi) is 5.14. The smallest absolute Gasteiger partial charge is 0.257 e. The third-order valence-electron chi connectivity index (χ3n) is 3.75. The van der Waals surface area contributed by atoms with Crippen LogP contribution in [0.4, 0.5) is 25.8 Å². The third kappa shape index (κ3) is 3.81. The number of para-hydroxylation sites is 1. The molecule has 0 fully saturated rings. The maximum atomic E-state index is 13.8. The maximum absolute atomic E-state index is 13.8. The molecule has 1 amide bonds. The van der Waals surface area contributed by atoms with Gasteiger partial charge in [0.25, 0.3) is 5.91 Å². The monoisotopic (exact) mass is 373 g/mol.